The van der Waals surface area contributed by atoms with E-state index in [9.17, 15) is 4.79 Å². The molecule has 1 aromatic heterocycles. The lowest BCUT2D eigenvalue weighted by Crippen LogP contribution is -2.36. The molecule has 4 rings (SSSR count). The number of nitrogens with zero attached hydrogens (tertiary/aromatic N) is 2. The van der Waals surface area contributed by atoms with E-state index in [4.69, 9.17) is 9.47 Å². The van der Waals surface area contributed by atoms with Crippen LogP contribution < -0.4 is 15.0 Å². The molecule has 0 aliphatic carbocycles. The molecule has 1 fully saturated rings. The molecule has 0 atom stereocenters. The Morgan fingerprint density at radius 2 is 1.77 bits per heavy atom. The Kier molecular flexibility index (Phi) is 6.57. The lowest BCUT2D eigenvalue weighted by Gasteiger charge is -2.27. The van der Waals surface area contributed by atoms with Gasteiger partial charge in [0.2, 0.25) is 0 Å². The Bertz CT molecular complexity index is 955. The zero-order chi connectivity index (χ0) is 20.6. The first kappa shape index (κ1) is 19.9. The maximum Gasteiger partial charge on any atom is 0.258 e. The van der Waals surface area contributed by atoms with Crippen LogP contribution in [0, 0.1) is 0 Å². The van der Waals surface area contributed by atoms with E-state index in [0.717, 1.165) is 48.8 Å². The number of pyridine rings is 1. The molecule has 2 aromatic carbocycles. The largest absolute Gasteiger partial charge is 0.483 e. The average Bonchev–Trinajstić information content (AvgIpc) is 2.83. The van der Waals surface area contributed by atoms with Crippen LogP contribution in [0.2, 0.25) is 0 Å². The first-order chi connectivity index (χ1) is 14.8. The zero-order valence-electron chi connectivity index (χ0n) is 16.8. The van der Waals surface area contributed by atoms with Crippen LogP contribution >= 0.6 is 0 Å². The summed E-state index contributed by atoms with van der Waals surface area (Å²) < 4.78 is 11.2. The number of morpholine rings is 1. The minimum atomic E-state index is -0.171. The first-order valence-electron chi connectivity index (χ1n) is 10.1. The summed E-state index contributed by atoms with van der Waals surface area (Å²) in [5.41, 5.74) is 2.97. The summed E-state index contributed by atoms with van der Waals surface area (Å²) >= 11 is 0. The molecule has 2 heterocycles. The summed E-state index contributed by atoms with van der Waals surface area (Å²) in [7, 11) is 0. The second kappa shape index (κ2) is 9.89. The minimum Gasteiger partial charge on any atom is -0.483 e. The number of hydrogen-bond acceptors (Lipinski definition) is 5. The van der Waals surface area contributed by atoms with Gasteiger partial charge < -0.3 is 19.7 Å². The van der Waals surface area contributed by atoms with Gasteiger partial charge in [-0.1, -0.05) is 54.6 Å². The van der Waals surface area contributed by atoms with E-state index >= 15 is 0 Å². The van der Waals surface area contributed by atoms with Crippen molar-refractivity contribution in [2.24, 2.45) is 0 Å². The molecule has 0 saturated carbocycles. The molecule has 154 valence electrons. The van der Waals surface area contributed by atoms with Crippen LogP contribution in [0.3, 0.4) is 0 Å². The number of hydrogen-bond donors (Lipinski definition) is 1. The van der Waals surface area contributed by atoms with Crippen molar-refractivity contribution in [3.8, 4) is 16.9 Å². The van der Waals surface area contributed by atoms with Crippen LogP contribution in [-0.2, 0) is 16.1 Å². The molecule has 1 aliphatic rings. The van der Waals surface area contributed by atoms with Gasteiger partial charge in [0.15, 0.2) is 6.61 Å². The molecule has 1 aliphatic heterocycles. The zero-order valence-corrected chi connectivity index (χ0v) is 16.8. The minimum absolute atomic E-state index is 0.0386. The van der Waals surface area contributed by atoms with Crippen molar-refractivity contribution in [1.82, 2.24) is 10.3 Å². The first-order valence-corrected chi connectivity index (χ1v) is 10.1. The fraction of sp³-hybridized carbons (Fsp3) is 0.250. The number of aromatic nitrogens is 1. The number of ether oxygens (including phenoxy) is 2. The maximum absolute atomic E-state index is 12.3. The van der Waals surface area contributed by atoms with Gasteiger partial charge in [0.1, 0.15) is 11.6 Å². The van der Waals surface area contributed by atoms with Crippen molar-refractivity contribution in [2.75, 3.05) is 37.8 Å². The van der Waals surface area contributed by atoms with Crippen LogP contribution in [0.1, 0.15) is 5.56 Å². The summed E-state index contributed by atoms with van der Waals surface area (Å²) in [6.07, 6.45) is 1.80. The number of nitrogens with one attached hydrogen (secondary N) is 1. The number of benzene rings is 2. The van der Waals surface area contributed by atoms with E-state index in [1.165, 1.54) is 0 Å². The average molecular weight is 403 g/mol. The van der Waals surface area contributed by atoms with E-state index < -0.39 is 0 Å². The second-order valence-corrected chi connectivity index (χ2v) is 7.05. The predicted molar refractivity (Wildman–Crippen MR) is 116 cm³/mol. The molecule has 0 bridgehead atoms. The highest BCUT2D eigenvalue weighted by Crippen LogP contribution is 2.29. The van der Waals surface area contributed by atoms with Gasteiger partial charge in [0.25, 0.3) is 5.91 Å². The third-order valence-electron chi connectivity index (χ3n) is 4.96. The highest BCUT2D eigenvalue weighted by Gasteiger charge is 2.12. The Labute approximate surface area is 176 Å². The number of carbonyl (C=O) groups is 1. The number of amides is 1. The quantitative estimate of drug-likeness (QED) is 0.656. The molecule has 0 spiro atoms. The monoisotopic (exact) mass is 403 g/mol. The van der Waals surface area contributed by atoms with Crippen LogP contribution in [0.4, 0.5) is 5.82 Å². The van der Waals surface area contributed by atoms with Crippen molar-refractivity contribution < 1.29 is 14.3 Å². The number of anilines is 1. The van der Waals surface area contributed by atoms with Gasteiger partial charge in [-0.05, 0) is 23.3 Å². The van der Waals surface area contributed by atoms with Crippen LogP contribution in [-0.4, -0.2) is 43.8 Å². The summed E-state index contributed by atoms with van der Waals surface area (Å²) in [6.45, 7) is 3.54. The third kappa shape index (κ3) is 5.15. The Balaban J connectivity index is 1.29. The smallest absolute Gasteiger partial charge is 0.258 e. The van der Waals surface area contributed by atoms with Gasteiger partial charge in [-0.25, -0.2) is 4.98 Å². The molecule has 6 heteroatoms. The molecule has 6 nitrogen and oxygen atoms in total. The van der Waals surface area contributed by atoms with E-state index in [1.54, 1.807) is 6.20 Å². The number of carbonyl (C=O) groups excluding carboxylic acids is 1. The molecular weight excluding hydrogens is 378 g/mol. The third-order valence-corrected chi connectivity index (χ3v) is 4.96. The van der Waals surface area contributed by atoms with Crippen molar-refractivity contribution in [1.29, 1.82) is 0 Å². The summed E-state index contributed by atoms with van der Waals surface area (Å²) in [5, 5.41) is 2.89. The number of para-hydroxylation sites is 1. The lowest BCUT2D eigenvalue weighted by atomic mass is 10.1. The second-order valence-electron chi connectivity index (χ2n) is 7.05. The van der Waals surface area contributed by atoms with E-state index in [0.29, 0.717) is 12.3 Å². The summed E-state index contributed by atoms with van der Waals surface area (Å²) in [5.74, 6) is 1.46. The maximum atomic E-state index is 12.3. The van der Waals surface area contributed by atoms with Crippen molar-refractivity contribution in [3.63, 3.8) is 0 Å². The fourth-order valence-corrected chi connectivity index (χ4v) is 3.34. The van der Waals surface area contributed by atoms with Crippen LogP contribution in [0.5, 0.6) is 5.75 Å². The highest BCUT2D eigenvalue weighted by molar-refractivity contribution is 5.78. The standard InChI is InChI=1S/C24H25N3O3/c28-24(18-30-22-9-5-4-8-21(22)20-6-2-1-3-7-20)26-17-19-10-11-23(25-16-19)27-12-14-29-15-13-27/h1-11,16H,12-15,17-18H2,(H,26,28). The van der Waals surface area contributed by atoms with E-state index in [1.807, 2.05) is 66.7 Å². The lowest BCUT2D eigenvalue weighted by molar-refractivity contribution is -0.123. The van der Waals surface area contributed by atoms with Gasteiger partial charge in [0, 0.05) is 31.4 Å². The predicted octanol–water partition coefficient (Wildman–Crippen LogP) is 3.28. The van der Waals surface area contributed by atoms with E-state index in [2.05, 4.69) is 15.2 Å². The molecule has 1 N–H and O–H groups in total. The van der Waals surface area contributed by atoms with Crippen LogP contribution in [0.25, 0.3) is 11.1 Å². The van der Waals surface area contributed by atoms with Crippen molar-refractivity contribution in [3.05, 3.63) is 78.5 Å². The molecular formula is C24H25N3O3. The molecule has 0 radical (unpaired) electrons. The van der Waals surface area contributed by atoms with Gasteiger partial charge in [-0.2, -0.15) is 0 Å². The Morgan fingerprint density at radius 1 is 1.00 bits per heavy atom. The van der Waals surface area contributed by atoms with Gasteiger partial charge in [-0.15, -0.1) is 0 Å². The van der Waals surface area contributed by atoms with Gasteiger partial charge in [-0.3, -0.25) is 4.79 Å². The topological polar surface area (TPSA) is 63.7 Å². The molecule has 3 aromatic rings. The van der Waals surface area contributed by atoms with Gasteiger partial charge in [0.05, 0.1) is 13.2 Å². The van der Waals surface area contributed by atoms with Crippen LogP contribution in [0.15, 0.2) is 72.9 Å². The Hall–Kier alpha value is -3.38. The summed E-state index contributed by atoms with van der Waals surface area (Å²) in [4.78, 5) is 19.0. The Morgan fingerprint density at radius 3 is 2.53 bits per heavy atom. The highest BCUT2D eigenvalue weighted by atomic mass is 16.5. The van der Waals surface area contributed by atoms with Crippen molar-refractivity contribution >= 4 is 11.7 Å². The number of rotatable bonds is 7. The SMILES string of the molecule is O=C(COc1ccccc1-c1ccccc1)NCc1ccc(N2CCOCC2)nc1. The normalized spacial score (nSPS) is 13.7. The summed E-state index contributed by atoms with van der Waals surface area (Å²) in [6, 6.07) is 21.7. The van der Waals surface area contributed by atoms with E-state index in [-0.39, 0.29) is 12.5 Å². The van der Waals surface area contributed by atoms with Crippen molar-refractivity contribution in [2.45, 2.75) is 6.54 Å². The molecule has 0 unspecified atom stereocenters. The molecule has 30 heavy (non-hydrogen) atoms. The molecule has 1 saturated heterocycles. The molecule has 1 amide bonds. The van der Waals surface area contributed by atoms with Gasteiger partial charge >= 0.3 is 0 Å². The fourth-order valence-electron chi connectivity index (χ4n) is 3.34.